The summed E-state index contributed by atoms with van der Waals surface area (Å²) >= 11 is 7.17. The van der Waals surface area contributed by atoms with Crippen molar-refractivity contribution in [2.24, 2.45) is 0 Å². The predicted molar refractivity (Wildman–Crippen MR) is 90.8 cm³/mol. The summed E-state index contributed by atoms with van der Waals surface area (Å²) in [5.74, 6) is -1.20. The molecule has 0 fully saturated rings. The number of hydrogen-bond donors (Lipinski definition) is 0. The highest BCUT2D eigenvalue weighted by molar-refractivity contribution is 7.13. The van der Waals surface area contributed by atoms with Gasteiger partial charge in [0.1, 0.15) is 5.76 Å². The molecule has 0 saturated heterocycles. The Morgan fingerprint density at radius 2 is 1.85 bits per heavy atom. The minimum absolute atomic E-state index is 0.0277. The van der Waals surface area contributed by atoms with Gasteiger partial charge in [0, 0.05) is 10.6 Å². The van der Waals surface area contributed by atoms with Gasteiger partial charge in [0.05, 0.1) is 10.4 Å². The Bertz CT molecular complexity index is 1040. The third-order valence-corrected chi connectivity index (χ3v) is 4.63. The lowest BCUT2D eigenvalue weighted by atomic mass is 10.1. The molecule has 4 aromatic rings. The molecular formula is C17H8ClF3N2O2S. The lowest BCUT2D eigenvalue weighted by Crippen LogP contribution is -2.04. The minimum atomic E-state index is -4.71. The van der Waals surface area contributed by atoms with Gasteiger partial charge in [-0.15, -0.1) is 11.3 Å². The third kappa shape index (κ3) is 3.13. The van der Waals surface area contributed by atoms with E-state index in [1.165, 1.54) is 17.4 Å². The molecule has 26 heavy (non-hydrogen) atoms. The molecule has 0 aliphatic carbocycles. The molecule has 132 valence electrons. The fourth-order valence-electron chi connectivity index (χ4n) is 2.36. The topological polar surface area (TPSA) is 52.1 Å². The van der Waals surface area contributed by atoms with Gasteiger partial charge in [0.25, 0.3) is 5.89 Å². The Balaban J connectivity index is 1.81. The van der Waals surface area contributed by atoms with E-state index in [4.69, 9.17) is 20.5 Å². The molecule has 0 bridgehead atoms. The molecule has 3 aromatic heterocycles. The van der Waals surface area contributed by atoms with Gasteiger partial charge in [-0.2, -0.15) is 18.2 Å². The molecule has 0 spiro atoms. The van der Waals surface area contributed by atoms with Crippen molar-refractivity contribution in [1.29, 1.82) is 0 Å². The molecule has 4 rings (SSSR count). The van der Waals surface area contributed by atoms with Crippen LogP contribution in [-0.2, 0) is 6.18 Å². The van der Waals surface area contributed by atoms with Crippen LogP contribution in [0.4, 0.5) is 13.2 Å². The standard InChI is InChI=1S/C17H8ClF3N2O2S/c18-10-5-3-9(4-6-10)12-8-11(14(24-12)17(19,20)21)16-22-15(23-25-16)13-2-1-7-26-13/h1-8H. The van der Waals surface area contributed by atoms with E-state index in [1.807, 2.05) is 5.38 Å². The van der Waals surface area contributed by atoms with E-state index in [0.717, 1.165) is 0 Å². The maximum absolute atomic E-state index is 13.4. The molecule has 4 nitrogen and oxygen atoms in total. The summed E-state index contributed by atoms with van der Waals surface area (Å²) in [5, 5.41) is 6.02. The first-order valence-electron chi connectivity index (χ1n) is 7.27. The Morgan fingerprint density at radius 1 is 1.08 bits per heavy atom. The quantitative estimate of drug-likeness (QED) is 0.402. The molecule has 3 heterocycles. The number of alkyl halides is 3. The molecule has 0 saturated carbocycles. The van der Waals surface area contributed by atoms with Crippen molar-refractivity contribution in [2.45, 2.75) is 6.18 Å². The normalized spacial score (nSPS) is 11.8. The fourth-order valence-corrected chi connectivity index (χ4v) is 3.13. The number of nitrogens with zero attached hydrogens (tertiary/aromatic N) is 2. The zero-order chi connectivity index (χ0) is 18.3. The smallest absolute Gasteiger partial charge is 0.450 e. The summed E-state index contributed by atoms with van der Waals surface area (Å²) in [5.41, 5.74) is 0.141. The van der Waals surface area contributed by atoms with Crippen LogP contribution in [0.5, 0.6) is 0 Å². The van der Waals surface area contributed by atoms with Crippen molar-refractivity contribution in [3.63, 3.8) is 0 Å². The van der Waals surface area contributed by atoms with Crippen LogP contribution in [0.3, 0.4) is 0 Å². The number of rotatable bonds is 3. The Kier molecular flexibility index (Phi) is 4.08. The van der Waals surface area contributed by atoms with Crippen LogP contribution in [0.2, 0.25) is 5.02 Å². The summed E-state index contributed by atoms with van der Waals surface area (Å²) in [6.07, 6.45) is -4.71. The van der Waals surface area contributed by atoms with Gasteiger partial charge in [-0.05, 0) is 41.8 Å². The van der Waals surface area contributed by atoms with Gasteiger partial charge in [0.2, 0.25) is 11.6 Å². The van der Waals surface area contributed by atoms with Crippen LogP contribution in [-0.4, -0.2) is 10.1 Å². The second kappa shape index (κ2) is 6.30. The highest BCUT2D eigenvalue weighted by Gasteiger charge is 2.40. The van der Waals surface area contributed by atoms with Crippen molar-refractivity contribution >= 4 is 22.9 Å². The van der Waals surface area contributed by atoms with Gasteiger partial charge in [-0.1, -0.05) is 22.8 Å². The first kappa shape index (κ1) is 16.9. The van der Waals surface area contributed by atoms with Gasteiger partial charge in [-0.3, -0.25) is 0 Å². The number of thiophene rings is 1. The Morgan fingerprint density at radius 3 is 2.50 bits per heavy atom. The minimum Gasteiger partial charge on any atom is -0.451 e. The zero-order valence-corrected chi connectivity index (χ0v) is 14.3. The third-order valence-electron chi connectivity index (χ3n) is 3.52. The lowest BCUT2D eigenvalue weighted by Gasteiger charge is -2.03. The van der Waals surface area contributed by atoms with Crippen LogP contribution in [0.15, 0.2) is 56.8 Å². The molecule has 0 aliphatic heterocycles. The number of hydrogen-bond acceptors (Lipinski definition) is 5. The number of furan rings is 1. The number of halogens is 4. The number of benzene rings is 1. The summed E-state index contributed by atoms with van der Waals surface area (Å²) in [4.78, 5) is 4.76. The van der Waals surface area contributed by atoms with E-state index in [-0.39, 0.29) is 23.0 Å². The van der Waals surface area contributed by atoms with Crippen molar-refractivity contribution in [3.8, 4) is 33.5 Å². The highest BCUT2D eigenvalue weighted by Crippen LogP contribution is 2.42. The molecule has 0 aliphatic rings. The average Bonchev–Trinajstić information content (AvgIpc) is 3.33. The van der Waals surface area contributed by atoms with Crippen molar-refractivity contribution < 1.29 is 22.1 Å². The van der Waals surface area contributed by atoms with Gasteiger partial charge in [0.15, 0.2) is 0 Å². The molecule has 0 N–H and O–H groups in total. The fraction of sp³-hybridized carbons (Fsp3) is 0.0588. The Hall–Kier alpha value is -2.58. The second-order valence-electron chi connectivity index (χ2n) is 5.26. The van der Waals surface area contributed by atoms with Gasteiger partial charge >= 0.3 is 6.18 Å². The largest absolute Gasteiger partial charge is 0.451 e. The summed E-state index contributed by atoms with van der Waals surface area (Å²) in [6, 6.07) is 11.0. The van der Waals surface area contributed by atoms with Crippen LogP contribution in [0.25, 0.3) is 33.5 Å². The summed E-state index contributed by atoms with van der Waals surface area (Å²) in [7, 11) is 0. The van der Waals surface area contributed by atoms with Crippen LogP contribution in [0.1, 0.15) is 5.76 Å². The Labute approximate surface area is 153 Å². The van der Waals surface area contributed by atoms with Crippen LogP contribution < -0.4 is 0 Å². The van der Waals surface area contributed by atoms with Gasteiger partial charge in [-0.25, -0.2) is 0 Å². The highest BCUT2D eigenvalue weighted by atomic mass is 35.5. The SMILES string of the molecule is FC(F)(F)c1oc(-c2ccc(Cl)cc2)cc1-c1nc(-c2cccs2)no1. The van der Waals surface area contributed by atoms with E-state index in [2.05, 4.69) is 10.1 Å². The predicted octanol–water partition coefficient (Wildman–Crippen LogP) is 6.40. The van der Waals surface area contributed by atoms with E-state index >= 15 is 0 Å². The molecular weight excluding hydrogens is 389 g/mol. The molecule has 0 unspecified atom stereocenters. The van der Waals surface area contributed by atoms with Crippen molar-refractivity contribution in [2.75, 3.05) is 0 Å². The lowest BCUT2D eigenvalue weighted by molar-refractivity contribution is -0.152. The zero-order valence-electron chi connectivity index (χ0n) is 12.7. The molecule has 0 radical (unpaired) electrons. The molecule has 0 amide bonds. The van der Waals surface area contributed by atoms with Crippen LogP contribution >= 0.6 is 22.9 Å². The van der Waals surface area contributed by atoms with E-state index < -0.39 is 11.9 Å². The monoisotopic (exact) mass is 396 g/mol. The first-order valence-corrected chi connectivity index (χ1v) is 8.52. The average molecular weight is 397 g/mol. The van der Waals surface area contributed by atoms with E-state index in [0.29, 0.717) is 15.5 Å². The maximum Gasteiger partial charge on any atom is 0.450 e. The van der Waals surface area contributed by atoms with E-state index in [9.17, 15) is 13.2 Å². The second-order valence-corrected chi connectivity index (χ2v) is 6.64. The van der Waals surface area contributed by atoms with Crippen molar-refractivity contribution in [3.05, 3.63) is 58.6 Å². The molecule has 1 aromatic carbocycles. The first-order chi connectivity index (χ1) is 12.4. The number of aromatic nitrogens is 2. The molecule has 9 heteroatoms. The molecule has 0 atom stereocenters. The summed E-state index contributed by atoms with van der Waals surface area (Å²) < 4.78 is 50.3. The maximum atomic E-state index is 13.4. The summed E-state index contributed by atoms with van der Waals surface area (Å²) in [6.45, 7) is 0. The van der Waals surface area contributed by atoms with Gasteiger partial charge < -0.3 is 8.94 Å². The van der Waals surface area contributed by atoms with Crippen LogP contribution in [0, 0.1) is 0 Å². The van der Waals surface area contributed by atoms with Crippen molar-refractivity contribution in [1.82, 2.24) is 10.1 Å². The van der Waals surface area contributed by atoms with E-state index in [1.54, 1.807) is 36.4 Å².